The van der Waals surface area contributed by atoms with Crippen LogP contribution in [0.1, 0.15) is 13.3 Å². The molecule has 116 valence electrons. The number of esters is 1. The van der Waals surface area contributed by atoms with Gasteiger partial charge in [-0.25, -0.2) is 0 Å². The maximum absolute atomic E-state index is 13.0. The molecule has 0 spiro atoms. The Balaban J connectivity index is 2.37. The third kappa shape index (κ3) is 2.09. The second kappa shape index (κ2) is 4.62. The topological polar surface area (TPSA) is 38.3 Å². The molecule has 0 aromatic rings. The van der Waals surface area contributed by atoms with Crippen LogP contribution < -0.4 is 5.32 Å². The SMILES string of the molecule is CC(=O)OC1CC2C(I)C1NC2(C(F)(F)F)C(F)(F)F. The van der Waals surface area contributed by atoms with Gasteiger partial charge in [-0.3, -0.25) is 10.1 Å². The van der Waals surface area contributed by atoms with Gasteiger partial charge in [0.1, 0.15) is 6.10 Å². The Labute approximate surface area is 123 Å². The fraction of sp³-hybridized carbons (Fsp3) is 0.900. The Hall–Kier alpha value is -0.260. The summed E-state index contributed by atoms with van der Waals surface area (Å²) in [5.74, 6) is -2.44. The molecular weight excluding hydrogens is 407 g/mol. The summed E-state index contributed by atoms with van der Waals surface area (Å²) in [6.07, 6.45) is -12.3. The van der Waals surface area contributed by atoms with Gasteiger partial charge in [0.25, 0.3) is 0 Å². The van der Waals surface area contributed by atoms with Crippen molar-refractivity contribution in [1.82, 2.24) is 5.32 Å². The molecule has 1 aliphatic heterocycles. The Morgan fingerprint density at radius 3 is 2.05 bits per heavy atom. The standard InChI is InChI=1S/C10H10F6INO2/c1-3(19)20-5-2-4-6(17)7(5)18-8(4,9(11,12)13)10(14,15)16/h4-7,18H,2H2,1H3. The van der Waals surface area contributed by atoms with Crippen LogP contribution in [-0.4, -0.2) is 39.9 Å². The zero-order valence-electron chi connectivity index (χ0n) is 9.98. The number of hydrogen-bond donors (Lipinski definition) is 1. The molecule has 0 aromatic heterocycles. The lowest BCUT2D eigenvalue weighted by molar-refractivity contribution is -0.320. The Morgan fingerprint density at radius 2 is 1.75 bits per heavy atom. The van der Waals surface area contributed by atoms with E-state index in [1.165, 1.54) is 0 Å². The third-order valence-electron chi connectivity index (χ3n) is 3.78. The maximum atomic E-state index is 13.0. The van der Waals surface area contributed by atoms with E-state index in [1.54, 1.807) is 27.9 Å². The van der Waals surface area contributed by atoms with Crippen LogP contribution in [0.25, 0.3) is 0 Å². The maximum Gasteiger partial charge on any atom is 0.415 e. The van der Waals surface area contributed by atoms with E-state index in [9.17, 15) is 31.1 Å². The molecule has 2 fully saturated rings. The molecular formula is C10H10F6INO2. The Kier molecular flexibility index (Phi) is 3.72. The van der Waals surface area contributed by atoms with Gasteiger partial charge in [-0.05, 0) is 6.42 Å². The van der Waals surface area contributed by atoms with E-state index in [2.05, 4.69) is 0 Å². The minimum Gasteiger partial charge on any atom is -0.461 e. The van der Waals surface area contributed by atoms with Gasteiger partial charge in [-0.1, -0.05) is 22.6 Å². The first-order valence-corrected chi connectivity index (χ1v) is 6.89. The van der Waals surface area contributed by atoms with Crippen molar-refractivity contribution in [2.24, 2.45) is 5.92 Å². The predicted octanol–water partition coefficient (Wildman–Crippen LogP) is 2.58. The highest BCUT2D eigenvalue weighted by Crippen LogP contribution is 2.59. The van der Waals surface area contributed by atoms with Gasteiger partial charge < -0.3 is 4.74 Å². The molecule has 1 heterocycles. The second-order valence-electron chi connectivity index (χ2n) is 4.91. The van der Waals surface area contributed by atoms with Crippen molar-refractivity contribution in [1.29, 1.82) is 0 Å². The minimum atomic E-state index is -5.46. The quantitative estimate of drug-likeness (QED) is 0.309. The molecule has 10 heteroatoms. The minimum absolute atomic E-state index is 0.454. The number of fused-ring (bicyclic) bond motifs is 2. The lowest BCUT2D eigenvalue weighted by Crippen LogP contribution is -2.70. The fourth-order valence-corrected chi connectivity index (χ4v) is 4.50. The highest BCUT2D eigenvalue weighted by molar-refractivity contribution is 14.1. The first-order valence-electron chi connectivity index (χ1n) is 5.64. The number of halogens is 7. The number of carbonyl (C=O) groups excluding carboxylic acids is 1. The number of piperidine rings is 1. The molecule has 1 N–H and O–H groups in total. The van der Waals surface area contributed by atoms with Crippen molar-refractivity contribution in [3.05, 3.63) is 0 Å². The van der Waals surface area contributed by atoms with Crippen LogP contribution >= 0.6 is 22.6 Å². The summed E-state index contributed by atoms with van der Waals surface area (Å²) in [7, 11) is 0. The van der Waals surface area contributed by atoms with E-state index in [0.29, 0.717) is 0 Å². The van der Waals surface area contributed by atoms with Crippen molar-refractivity contribution >= 4 is 28.6 Å². The largest absolute Gasteiger partial charge is 0.461 e. The Morgan fingerprint density at radius 1 is 1.25 bits per heavy atom. The molecule has 4 unspecified atom stereocenters. The predicted molar refractivity (Wildman–Crippen MR) is 63.2 cm³/mol. The molecule has 2 aliphatic rings. The summed E-state index contributed by atoms with van der Waals surface area (Å²) in [4.78, 5) is 10.8. The summed E-state index contributed by atoms with van der Waals surface area (Å²) < 4.78 is 82.1. The third-order valence-corrected chi connectivity index (χ3v) is 5.42. The van der Waals surface area contributed by atoms with Crippen LogP contribution in [0, 0.1) is 5.92 Å². The highest BCUT2D eigenvalue weighted by atomic mass is 127. The first kappa shape index (κ1) is 16.1. The van der Waals surface area contributed by atoms with Crippen LogP contribution in [0.3, 0.4) is 0 Å². The summed E-state index contributed by atoms with van der Waals surface area (Å²) in [5, 5.41) is 1.65. The van der Waals surface area contributed by atoms with E-state index in [4.69, 9.17) is 4.74 Å². The van der Waals surface area contributed by atoms with Gasteiger partial charge in [-0.15, -0.1) is 0 Å². The van der Waals surface area contributed by atoms with Crippen molar-refractivity contribution in [2.75, 3.05) is 0 Å². The second-order valence-corrected chi connectivity index (χ2v) is 6.35. The summed E-state index contributed by atoms with van der Waals surface area (Å²) in [5.41, 5.74) is -3.92. The van der Waals surface area contributed by atoms with Crippen LogP contribution in [0.5, 0.6) is 0 Å². The van der Waals surface area contributed by atoms with Crippen molar-refractivity contribution in [2.45, 2.75) is 47.3 Å². The molecule has 4 atom stereocenters. The Bertz CT molecular complexity index is 409. The summed E-state index contributed by atoms with van der Waals surface area (Å²) in [6, 6.07) is -1.16. The van der Waals surface area contributed by atoms with Crippen LogP contribution in [-0.2, 0) is 9.53 Å². The van der Waals surface area contributed by atoms with Gasteiger partial charge in [0.2, 0.25) is 5.54 Å². The molecule has 20 heavy (non-hydrogen) atoms. The number of nitrogens with one attached hydrogen (secondary N) is 1. The zero-order chi connectivity index (χ0) is 15.5. The first-order chi connectivity index (χ1) is 8.92. The molecule has 1 aliphatic carbocycles. The van der Waals surface area contributed by atoms with Gasteiger partial charge in [0, 0.05) is 16.8 Å². The van der Waals surface area contributed by atoms with E-state index in [-0.39, 0.29) is 0 Å². The number of rotatable bonds is 1. The van der Waals surface area contributed by atoms with E-state index in [0.717, 1.165) is 6.92 Å². The highest BCUT2D eigenvalue weighted by Gasteiger charge is 2.81. The number of carbonyl (C=O) groups is 1. The van der Waals surface area contributed by atoms with E-state index < -0.39 is 52.3 Å². The lowest BCUT2D eigenvalue weighted by Gasteiger charge is -2.42. The van der Waals surface area contributed by atoms with E-state index >= 15 is 0 Å². The molecule has 0 amide bonds. The number of hydrogen-bond acceptors (Lipinski definition) is 3. The molecule has 2 rings (SSSR count). The van der Waals surface area contributed by atoms with Gasteiger partial charge in [0.05, 0.1) is 6.04 Å². The van der Waals surface area contributed by atoms with Crippen LogP contribution in [0.2, 0.25) is 0 Å². The molecule has 0 radical (unpaired) electrons. The normalized spacial score (nSPS) is 36.2. The fourth-order valence-electron chi connectivity index (χ4n) is 3.02. The van der Waals surface area contributed by atoms with Crippen molar-refractivity contribution < 1.29 is 35.9 Å². The average Bonchev–Trinajstić information content (AvgIpc) is 2.66. The van der Waals surface area contributed by atoms with E-state index in [1.807, 2.05) is 0 Å². The molecule has 0 aromatic carbocycles. The summed E-state index contributed by atoms with van der Waals surface area (Å²) >= 11 is 1.56. The molecule has 3 nitrogen and oxygen atoms in total. The molecule has 2 bridgehead atoms. The van der Waals surface area contributed by atoms with Gasteiger partial charge in [0.15, 0.2) is 0 Å². The summed E-state index contributed by atoms with van der Waals surface area (Å²) in [6.45, 7) is 1.06. The van der Waals surface area contributed by atoms with Gasteiger partial charge in [-0.2, -0.15) is 26.3 Å². The van der Waals surface area contributed by atoms with Crippen molar-refractivity contribution in [3.63, 3.8) is 0 Å². The lowest BCUT2D eigenvalue weighted by atomic mass is 9.82. The molecule has 1 saturated heterocycles. The number of alkyl halides is 7. The average molecular weight is 417 g/mol. The van der Waals surface area contributed by atoms with Crippen LogP contribution in [0.4, 0.5) is 26.3 Å². The monoisotopic (exact) mass is 417 g/mol. The van der Waals surface area contributed by atoms with Crippen molar-refractivity contribution in [3.8, 4) is 0 Å². The number of ether oxygens (including phenoxy) is 1. The van der Waals surface area contributed by atoms with Crippen LogP contribution in [0.15, 0.2) is 0 Å². The zero-order valence-corrected chi connectivity index (χ0v) is 12.1. The van der Waals surface area contributed by atoms with Gasteiger partial charge >= 0.3 is 18.3 Å². The molecule has 1 saturated carbocycles. The smallest absolute Gasteiger partial charge is 0.415 e.